The van der Waals surface area contributed by atoms with E-state index in [-0.39, 0.29) is 5.91 Å². The Balaban J connectivity index is 1.94. The van der Waals surface area contributed by atoms with Crippen molar-refractivity contribution in [3.63, 3.8) is 0 Å². The van der Waals surface area contributed by atoms with Gasteiger partial charge in [0.25, 0.3) is 0 Å². The fraction of sp³-hybridized carbons (Fsp3) is 0.714. The fourth-order valence-corrected chi connectivity index (χ4v) is 2.73. The minimum atomic E-state index is 0.0398. The lowest BCUT2D eigenvalue weighted by Crippen LogP contribution is -2.42. The smallest absolute Gasteiger partial charge is 0.238 e. The second-order valence-electron chi connectivity index (χ2n) is 5.47. The first-order valence-electron chi connectivity index (χ1n) is 7.38. The maximum atomic E-state index is 12.2. The van der Waals surface area contributed by atoms with Crippen molar-refractivity contribution in [1.82, 2.24) is 20.4 Å². The van der Waals surface area contributed by atoms with E-state index >= 15 is 0 Å². The molecule has 0 bridgehead atoms. The Morgan fingerprint density at radius 3 is 2.85 bits per heavy atom. The van der Waals surface area contributed by atoms with Crippen LogP contribution in [0.25, 0.3) is 0 Å². The lowest BCUT2D eigenvalue weighted by Gasteiger charge is -2.27. The monoisotopic (exact) mass is 279 g/mol. The molecule has 1 aromatic rings. The number of hydrogen-bond acceptors (Lipinski definition) is 4. The van der Waals surface area contributed by atoms with Gasteiger partial charge in [0, 0.05) is 12.6 Å². The van der Waals surface area contributed by atoms with E-state index in [2.05, 4.69) is 32.7 Å². The second-order valence-corrected chi connectivity index (χ2v) is 5.47. The summed E-state index contributed by atoms with van der Waals surface area (Å²) in [7, 11) is 0. The SMILES string of the molecule is CCCN(CC(=O)Nc1c(C)n[nH]c1C)C1CCNC1. The zero-order valence-electron chi connectivity index (χ0n) is 12.6. The third-order valence-electron chi connectivity index (χ3n) is 3.80. The molecule has 0 radical (unpaired) electrons. The lowest BCUT2D eigenvalue weighted by atomic mass is 10.2. The van der Waals surface area contributed by atoms with Gasteiger partial charge in [0.15, 0.2) is 0 Å². The fourth-order valence-electron chi connectivity index (χ4n) is 2.73. The first-order valence-corrected chi connectivity index (χ1v) is 7.38. The van der Waals surface area contributed by atoms with Crippen LogP contribution in [0.4, 0.5) is 5.69 Å². The molecular formula is C14H25N5O. The lowest BCUT2D eigenvalue weighted by molar-refractivity contribution is -0.117. The molecule has 1 saturated heterocycles. The Morgan fingerprint density at radius 1 is 1.50 bits per heavy atom. The third-order valence-corrected chi connectivity index (χ3v) is 3.80. The topological polar surface area (TPSA) is 73.0 Å². The van der Waals surface area contributed by atoms with Crippen molar-refractivity contribution in [2.45, 2.75) is 39.7 Å². The van der Waals surface area contributed by atoms with Crippen LogP contribution in [0.5, 0.6) is 0 Å². The molecule has 1 aliphatic heterocycles. The van der Waals surface area contributed by atoms with E-state index in [1.54, 1.807) is 0 Å². The molecule has 0 aliphatic carbocycles. The maximum absolute atomic E-state index is 12.2. The van der Waals surface area contributed by atoms with Crippen molar-refractivity contribution in [3.8, 4) is 0 Å². The van der Waals surface area contributed by atoms with Crippen LogP contribution in [-0.2, 0) is 4.79 Å². The standard InChI is InChI=1S/C14H25N5O/c1-4-7-19(12-5-6-15-8-12)9-13(20)16-14-10(2)17-18-11(14)3/h12,15H,4-9H2,1-3H3,(H,16,20)(H,17,18). The van der Waals surface area contributed by atoms with Crippen molar-refractivity contribution in [3.05, 3.63) is 11.4 Å². The quantitative estimate of drug-likeness (QED) is 0.727. The molecule has 1 aliphatic rings. The zero-order chi connectivity index (χ0) is 14.5. The Kier molecular flexibility index (Phi) is 5.14. The first kappa shape index (κ1) is 15.0. The average Bonchev–Trinajstić information content (AvgIpc) is 3.04. The summed E-state index contributed by atoms with van der Waals surface area (Å²) < 4.78 is 0. The normalized spacial score (nSPS) is 18.7. The summed E-state index contributed by atoms with van der Waals surface area (Å²) in [5, 5.41) is 13.3. The van der Waals surface area contributed by atoms with Crippen LogP contribution in [0.1, 0.15) is 31.2 Å². The van der Waals surface area contributed by atoms with Gasteiger partial charge in [-0.1, -0.05) is 6.92 Å². The number of aromatic amines is 1. The van der Waals surface area contributed by atoms with Crippen molar-refractivity contribution in [2.75, 3.05) is 31.5 Å². The van der Waals surface area contributed by atoms with Gasteiger partial charge in [0.05, 0.1) is 23.6 Å². The Bertz CT molecular complexity index is 431. The largest absolute Gasteiger partial charge is 0.322 e. The predicted molar refractivity (Wildman–Crippen MR) is 79.8 cm³/mol. The van der Waals surface area contributed by atoms with Crippen LogP contribution in [0.2, 0.25) is 0 Å². The van der Waals surface area contributed by atoms with Gasteiger partial charge in [-0.3, -0.25) is 14.8 Å². The number of carbonyl (C=O) groups excluding carboxylic acids is 1. The van der Waals surface area contributed by atoms with Gasteiger partial charge < -0.3 is 10.6 Å². The summed E-state index contributed by atoms with van der Waals surface area (Å²) in [5.74, 6) is 0.0398. The van der Waals surface area contributed by atoms with Gasteiger partial charge in [0.2, 0.25) is 5.91 Å². The summed E-state index contributed by atoms with van der Waals surface area (Å²) in [4.78, 5) is 14.5. The number of hydrogen-bond donors (Lipinski definition) is 3. The van der Waals surface area contributed by atoms with Gasteiger partial charge in [-0.15, -0.1) is 0 Å². The highest BCUT2D eigenvalue weighted by atomic mass is 16.2. The van der Waals surface area contributed by atoms with Crippen molar-refractivity contribution in [1.29, 1.82) is 0 Å². The van der Waals surface area contributed by atoms with Crippen molar-refractivity contribution >= 4 is 11.6 Å². The number of nitrogens with zero attached hydrogens (tertiary/aromatic N) is 2. The number of amides is 1. The predicted octanol–water partition coefficient (Wildman–Crippen LogP) is 1.04. The molecule has 1 unspecified atom stereocenters. The summed E-state index contributed by atoms with van der Waals surface area (Å²) in [6, 6.07) is 0.479. The van der Waals surface area contributed by atoms with Crippen LogP contribution >= 0.6 is 0 Å². The van der Waals surface area contributed by atoms with Crippen molar-refractivity contribution < 1.29 is 4.79 Å². The van der Waals surface area contributed by atoms with E-state index in [4.69, 9.17) is 0 Å². The molecule has 2 rings (SSSR count). The molecule has 6 heteroatoms. The third kappa shape index (κ3) is 3.58. The van der Waals surface area contributed by atoms with Crippen LogP contribution < -0.4 is 10.6 Å². The molecule has 2 heterocycles. The number of rotatable bonds is 6. The van der Waals surface area contributed by atoms with Crippen molar-refractivity contribution in [2.24, 2.45) is 0 Å². The second kappa shape index (κ2) is 6.85. The molecule has 1 fully saturated rings. The van der Waals surface area contributed by atoms with E-state index in [9.17, 15) is 4.79 Å². The van der Waals surface area contributed by atoms with E-state index in [0.29, 0.717) is 12.6 Å². The number of anilines is 1. The van der Waals surface area contributed by atoms with Gasteiger partial charge >= 0.3 is 0 Å². The molecule has 6 nitrogen and oxygen atoms in total. The molecule has 1 amide bonds. The van der Waals surface area contributed by atoms with Crippen LogP contribution in [-0.4, -0.2) is 53.2 Å². The number of nitrogens with one attached hydrogen (secondary N) is 3. The van der Waals surface area contributed by atoms with E-state index in [1.807, 2.05) is 13.8 Å². The summed E-state index contributed by atoms with van der Waals surface area (Å²) in [5.41, 5.74) is 2.55. The number of carbonyl (C=O) groups is 1. The Morgan fingerprint density at radius 2 is 2.30 bits per heavy atom. The zero-order valence-corrected chi connectivity index (χ0v) is 12.6. The molecule has 0 saturated carbocycles. The number of H-pyrrole nitrogens is 1. The molecule has 1 atom stereocenters. The summed E-state index contributed by atoms with van der Waals surface area (Å²) in [6.07, 6.45) is 2.19. The van der Waals surface area contributed by atoms with E-state index in [1.165, 1.54) is 0 Å². The molecule has 0 aromatic carbocycles. The van der Waals surface area contributed by atoms with Crippen LogP contribution in [0.15, 0.2) is 0 Å². The molecular weight excluding hydrogens is 254 g/mol. The van der Waals surface area contributed by atoms with Gasteiger partial charge in [-0.2, -0.15) is 5.10 Å². The minimum Gasteiger partial charge on any atom is -0.322 e. The summed E-state index contributed by atoms with van der Waals surface area (Å²) in [6.45, 7) is 9.40. The highest BCUT2D eigenvalue weighted by Crippen LogP contribution is 2.16. The first-order chi connectivity index (χ1) is 9.61. The van der Waals surface area contributed by atoms with Gasteiger partial charge in [-0.05, 0) is 39.8 Å². The van der Waals surface area contributed by atoms with E-state index in [0.717, 1.165) is 49.6 Å². The minimum absolute atomic E-state index is 0.0398. The van der Waals surface area contributed by atoms with Crippen LogP contribution in [0, 0.1) is 13.8 Å². The molecule has 20 heavy (non-hydrogen) atoms. The molecule has 1 aromatic heterocycles. The Labute approximate surface area is 120 Å². The number of aromatic nitrogens is 2. The molecule has 3 N–H and O–H groups in total. The van der Waals surface area contributed by atoms with Gasteiger partial charge in [0.1, 0.15) is 0 Å². The Hall–Kier alpha value is -1.40. The van der Waals surface area contributed by atoms with E-state index < -0.39 is 0 Å². The average molecular weight is 279 g/mol. The maximum Gasteiger partial charge on any atom is 0.238 e. The van der Waals surface area contributed by atoms with Gasteiger partial charge in [-0.25, -0.2) is 0 Å². The highest BCUT2D eigenvalue weighted by Gasteiger charge is 2.23. The number of aryl methyl sites for hydroxylation is 2. The molecule has 0 spiro atoms. The highest BCUT2D eigenvalue weighted by molar-refractivity contribution is 5.93. The molecule has 112 valence electrons. The van der Waals surface area contributed by atoms with Crippen LogP contribution in [0.3, 0.4) is 0 Å². The summed E-state index contributed by atoms with van der Waals surface area (Å²) >= 11 is 0.